The quantitative estimate of drug-likeness (QED) is 0.403. The van der Waals surface area contributed by atoms with E-state index < -0.39 is 16.1 Å². The van der Waals surface area contributed by atoms with Crippen molar-refractivity contribution in [3.05, 3.63) is 70.3 Å². The van der Waals surface area contributed by atoms with E-state index >= 15 is 0 Å². The van der Waals surface area contributed by atoms with Crippen molar-refractivity contribution >= 4 is 61.9 Å². The second-order valence-electron chi connectivity index (χ2n) is 6.06. The molecule has 2 aromatic heterocycles. The number of carbonyl (C=O) groups excluding carboxylic acids is 2. The molecule has 2 amide bonds. The number of anilines is 1. The zero-order valence-corrected chi connectivity index (χ0v) is 17.3. The minimum Gasteiger partial charge on any atom is -0.306 e. The molecule has 0 saturated carbocycles. The first-order valence-corrected chi connectivity index (χ1v) is 11.0. The van der Waals surface area contributed by atoms with Crippen LogP contribution in [0.2, 0.25) is 4.34 Å². The van der Waals surface area contributed by atoms with E-state index in [4.69, 9.17) is 11.6 Å². The molecule has 4 rings (SSSR count). The number of sulfonamides is 1. The number of pyridine rings is 1. The number of fused-ring (bicyclic) bond motifs is 1. The fraction of sp³-hybridized carbons (Fsp3) is 0. The summed E-state index contributed by atoms with van der Waals surface area (Å²) >= 11 is 6.54. The number of para-hydroxylation sites is 1. The van der Waals surface area contributed by atoms with Crippen molar-refractivity contribution in [3.63, 3.8) is 0 Å². The highest BCUT2D eigenvalue weighted by Gasteiger charge is 2.41. The first-order valence-electron chi connectivity index (χ1n) is 8.31. The molecule has 0 saturated heterocycles. The van der Waals surface area contributed by atoms with Crippen LogP contribution < -0.4 is 10.0 Å². The topological polar surface area (TPSA) is 128 Å². The van der Waals surface area contributed by atoms with Crippen LogP contribution in [-0.2, 0) is 10.0 Å². The maximum atomic E-state index is 12.5. The van der Waals surface area contributed by atoms with Crippen molar-refractivity contribution in [3.8, 4) is 0 Å². The summed E-state index contributed by atoms with van der Waals surface area (Å²) in [6.45, 7) is 0. The summed E-state index contributed by atoms with van der Waals surface area (Å²) in [6.07, 6.45) is 1.24. The summed E-state index contributed by atoms with van der Waals surface area (Å²) in [4.78, 5) is 28.7. The second kappa shape index (κ2) is 7.52. The number of amides is 2. The molecule has 0 atom stereocenters. The van der Waals surface area contributed by atoms with Gasteiger partial charge in [-0.1, -0.05) is 23.7 Å². The molecule has 0 radical (unpaired) electrons. The summed E-state index contributed by atoms with van der Waals surface area (Å²) in [5.74, 6) is -0.389. The Balaban J connectivity index is 1.49. The van der Waals surface area contributed by atoms with E-state index in [9.17, 15) is 23.2 Å². The standard InChI is InChI=1S/C18H11ClN4O5S2/c19-14-7-8-15(29-14)30(27,28)22-18(25)21-10-5-6-12(20-9-10)16-17(24)11-3-1-2-4-13(11)23(16)26/h1-9,26H,(H,22,25)/p+1. The number of nitrogens with one attached hydrogen (secondary N) is 2. The van der Waals surface area contributed by atoms with E-state index in [1.807, 2.05) is 4.72 Å². The number of ketones is 1. The molecule has 30 heavy (non-hydrogen) atoms. The second-order valence-corrected chi connectivity index (χ2v) is 9.68. The highest BCUT2D eigenvalue weighted by molar-refractivity contribution is 7.92. The fourth-order valence-corrected chi connectivity index (χ4v) is 5.19. The monoisotopic (exact) mass is 463 g/mol. The van der Waals surface area contributed by atoms with Crippen molar-refractivity contribution in [1.29, 1.82) is 0 Å². The lowest BCUT2D eigenvalue weighted by atomic mass is 10.1. The van der Waals surface area contributed by atoms with Crippen LogP contribution in [0.4, 0.5) is 16.2 Å². The van der Waals surface area contributed by atoms with E-state index in [0.717, 1.165) is 16.1 Å². The van der Waals surface area contributed by atoms with E-state index in [1.165, 1.54) is 30.5 Å². The van der Waals surface area contributed by atoms with Gasteiger partial charge >= 0.3 is 11.7 Å². The molecule has 1 aliphatic heterocycles. The van der Waals surface area contributed by atoms with Gasteiger partial charge in [-0.3, -0.25) is 10.0 Å². The van der Waals surface area contributed by atoms with Crippen LogP contribution in [-0.4, -0.2) is 40.9 Å². The Morgan fingerprint density at radius 3 is 2.53 bits per heavy atom. The van der Waals surface area contributed by atoms with Crippen LogP contribution in [0, 0.1) is 0 Å². The molecular formula is C18H12ClN4O5S2+. The van der Waals surface area contributed by atoms with Gasteiger partial charge in [0.25, 0.3) is 21.5 Å². The number of carbonyl (C=O) groups is 2. The summed E-state index contributed by atoms with van der Waals surface area (Å²) in [5, 5.41) is 12.6. The molecule has 12 heteroatoms. The number of Topliss-reactive ketones (excluding diaryl/α,β-unsaturated/α-hetero) is 1. The van der Waals surface area contributed by atoms with E-state index in [1.54, 1.807) is 24.3 Å². The van der Waals surface area contributed by atoms with Crippen molar-refractivity contribution in [2.45, 2.75) is 4.21 Å². The summed E-state index contributed by atoms with van der Waals surface area (Å²) in [5.41, 5.74) is 1.04. The molecule has 3 heterocycles. The van der Waals surface area contributed by atoms with Crippen molar-refractivity contribution < 1.29 is 28.0 Å². The molecule has 152 valence electrons. The van der Waals surface area contributed by atoms with Gasteiger partial charge in [0, 0.05) is 10.8 Å². The van der Waals surface area contributed by atoms with E-state index in [-0.39, 0.29) is 31.4 Å². The molecule has 9 nitrogen and oxygen atoms in total. The Hall–Kier alpha value is -3.28. The summed E-state index contributed by atoms with van der Waals surface area (Å²) in [7, 11) is -4.06. The van der Waals surface area contributed by atoms with Crippen molar-refractivity contribution in [2.24, 2.45) is 0 Å². The predicted molar refractivity (Wildman–Crippen MR) is 109 cm³/mol. The molecular weight excluding hydrogens is 452 g/mol. The number of urea groups is 1. The van der Waals surface area contributed by atoms with Crippen LogP contribution in [0.25, 0.3) is 0 Å². The number of nitrogens with zero attached hydrogens (tertiary/aromatic N) is 2. The lowest BCUT2D eigenvalue weighted by molar-refractivity contribution is -0.710. The lowest BCUT2D eigenvalue weighted by Gasteiger charge is -2.07. The van der Waals surface area contributed by atoms with Gasteiger partial charge in [-0.2, -0.15) is 0 Å². The van der Waals surface area contributed by atoms with Gasteiger partial charge in [0.2, 0.25) is 0 Å². The number of benzene rings is 1. The smallest absolute Gasteiger partial charge is 0.306 e. The molecule has 1 aliphatic rings. The Labute approximate surface area is 179 Å². The van der Waals surface area contributed by atoms with Gasteiger partial charge < -0.3 is 5.32 Å². The number of halogens is 1. The average molecular weight is 464 g/mol. The normalized spacial score (nSPS) is 13.3. The Morgan fingerprint density at radius 2 is 1.90 bits per heavy atom. The molecule has 0 fully saturated rings. The van der Waals surface area contributed by atoms with E-state index in [2.05, 4.69) is 10.3 Å². The minimum atomic E-state index is -4.06. The van der Waals surface area contributed by atoms with Crippen LogP contribution in [0.1, 0.15) is 16.1 Å². The molecule has 0 aliphatic carbocycles. The van der Waals surface area contributed by atoms with Gasteiger partial charge in [-0.05, 0) is 30.3 Å². The zero-order valence-electron chi connectivity index (χ0n) is 14.9. The third-order valence-electron chi connectivity index (χ3n) is 4.11. The highest BCUT2D eigenvalue weighted by Crippen LogP contribution is 2.27. The number of thiophene rings is 1. The number of rotatable bonds is 4. The fourth-order valence-electron chi connectivity index (χ4n) is 2.80. The molecule has 0 spiro atoms. The third kappa shape index (κ3) is 3.65. The summed E-state index contributed by atoms with van der Waals surface area (Å²) < 4.78 is 27.1. The largest absolute Gasteiger partial charge is 0.333 e. The Bertz CT molecular complexity index is 1320. The van der Waals surface area contributed by atoms with Crippen LogP contribution in [0.5, 0.6) is 0 Å². The van der Waals surface area contributed by atoms with Gasteiger partial charge in [0.05, 0.1) is 16.2 Å². The maximum absolute atomic E-state index is 12.5. The van der Waals surface area contributed by atoms with Gasteiger partial charge in [-0.25, -0.2) is 22.9 Å². The number of hydrogen-bond donors (Lipinski definition) is 3. The summed E-state index contributed by atoms with van der Waals surface area (Å²) in [6, 6.07) is 11.1. The SMILES string of the molecule is O=C(Nc1ccc(C2=[N+](O)c3ccccc3C2=O)nc1)NS(=O)(=O)c1ccc(Cl)s1. The van der Waals surface area contributed by atoms with Gasteiger partial charge in [-0.15, -0.1) is 11.3 Å². The Morgan fingerprint density at radius 1 is 1.13 bits per heavy atom. The third-order valence-corrected chi connectivity index (χ3v) is 7.16. The van der Waals surface area contributed by atoms with Crippen LogP contribution in [0.3, 0.4) is 0 Å². The predicted octanol–water partition coefficient (Wildman–Crippen LogP) is 3.03. The first-order chi connectivity index (χ1) is 14.3. The van der Waals surface area contributed by atoms with Crippen molar-refractivity contribution in [1.82, 2.24) is 9.71 Å². The van der Waals surface area contributed by atoms with E-state index in [0.29, 0.717) is 11.3 Å². The number of hydrogen-bond acceptors (Lipinski definition) is 7. The molecule has 3 N–H and O–H groups in total. The molecule has 1 aromatic carbocycles. The zero-order chi connectivity index (χ0) is 21.5. The average Bonchev–Trinajstić information content (AvgIpc) is 3.25. The van der Waals surface area contributed by atoms with Gasteiger partial charge in [0.15, 0.2) is 0 Å². The van der Waals surface area contributed by atoms with Crippen molar-refractivity contribution in [2.75, 3.05) is 5.32 Å². The highest BCUT2D eigenvalue weighted by atomic mass is 35.5. The first kappa shape index (κ1) is 20.0. The molecule has 0 unspecified atom stereocenters. The maximum Gasteiger partial charge on any atom is 0.333 e. The minimum absolute atomic E-state index is 0.0237. The van der Waals surface area contributed by atoms with Crippen LogP contribution in [0.15, 0.2) is 58.9 Å². The number of aromatic nitrogens is 1. The van der Waals surface area contributed by atoms with Crippen LogP contribution >= 0.6 is 22.9 Å². The Kier molecular flexibility index (Phi) is 5.02. The molecule has 3 aromatic rings. The lowest BCUT2D eigenvalue weighted by Crippen LogP contribution is -2.34. The van der Waals surface area contributed by atoms with Gasteiger partial charge in [0.1, 0.15) is 15.5 Å². The molecule has 0 bridgehead atoms.